The summed E-state index contributed by atoms with van der Waals surface area (Å²) in [6.45, 7) is 11.9. The van der Waals surface area contributed by atoms with Gasteiger partial charge in [0, 0.05) is 19.3 Å². The summed E-state index contributed by atoms with van der Waals surface area (Å²) in [6.07, 6.45) is 5.33. The van der Waals surface area contributed by atoms with Crippen LogP contribution in [0.4, 0.5) is 0 Å². The molecular formula is C12H25N. The number of hydrogen-bond donors (Lipinski definition) is 0. The van der Waals surface area contributed by atoms with Crippen molar-refractivity contribution >= 4 is 0 Å². The summed E-state index contributed by atoms with van der Waals surface area (Å²) in [5.41, 5.74) is 1.26. The number of rotatable bonds is 7. The Morgan fingerprint density at radius 3 is 2.31 bits per heavy atom. The maximum absolute atomic E-state index is 4.08. The fourth-order valence-corrected chi connectivity index (χ4v) is 1.36. The van der Waals surface area contributed by atoms with E-state index >= 15 is 0 Å². The molecule has 0 bridgehead atoms. The standard InChI is InChI=1S/C12H25N/c1-6-7-8-9-10-13(5)12(4)11(2)3/h11H,4,6-10H2,1-3,5H3. The van der Waals surface area contributed by atoms with E-state index in [4.69, 9.17) is 0 Å². The van der Waals surface area contributed by atoms with E-state index in [0.29, 0.717) is 5.92 Å². The van der Waals surface area contributed by atoms with Gasteiger partial charge < -0.3 is 4.90 Å². The molecule has 0 radical (unpaired) electrons. The molecule has 0 aliphatic heterocycles. The van der Waals surface area contributed by atoms with Crippen molar-refractivity contribution in [2.45, 2.75) is 46.5 Å². The first-order valence-corrected chi connectivity index (χ1v) is 5.49. The van der Waals surface area contributed by atoms with Gasteiger partial charge in [0.05, 0.1) is 0 Å². The monoisotopic (exact) mass is 183 g/mol. The minimum Gasteiger partial charge on any atom is -0.378 e. The van der Waals surface area contributed by atoms with Crippen LogP contribution in [0, 0.1) is 5.92 Å². The molecule has 0 heterocycles. The van der Waals surface area contributed by atoms with Crippen LogP contribution in [0.3, 0.4) is 0 Å². The van der Waals surface area contributed by atoms with Crippen LogP contribution in [0.5, 0.6) is 0 Å². The van der Waals surface area contributed by atoms with Crippen molar-refractivity contribution < 1.29 is 0 Å². The molecule has 0 aliphatic carbocycles. The van der Waals surface area contributed by atoms with Crippen LogP contribution < -0.4 is 0 Å². The largest absolute Gasteiger partial charge is 0.378 e. The van der Waals surface area contributed by atoms with Crippen LogP contribution in [-0.4, -0.2) is 18.5 Å². The van der Waals surface area contributed by atoms with Crippen LogP contribution >= 0.6 is 0 Å². The van der Waals surface area contributed by atoms with Gasteiger partial charge in [-0.1, -0.05) is 46.6 Å². The molecule has 0 rings (SSSR count). The molecule has 0 aromatic heterocycles. The Morgan fingerprint density at radius 2 is 1.85 bits per heavy atom. The molecule has 0 unspecified atom stereocenters. The van der Waals surface area contributed by atoms with Crippen molar-refractivity contribution in [3.8, 4) is 0 Å². The molecule has 1 nitrogen and oxygen atoms in total. The van der Waals surface area contributed by atoms with Crippen molar-refractivity contribution in [2.24, 2.45) is 5.92 Å². The Kier molecular flexibility index (Phi) is 6.75. The summed E-state index contributed by atoms with van der Waals surface area (Å²) in [7, 11) is 2.15. The lowest BCUT2D eigenvalue weighted by atomic mass is 10.1. The number of hydrogen-bond acceptors (Lipinski definition) is 1. The van der Waals surface area contributed by atoms with Crippen molar-refractivity contribution in [3.05, 3.63) is 12.3 Å². The second-order valence-corrected chi connectivity index (χ2v) is 4.13. The first-order chi connectivity index (χ1) is 6.09. The van der Waals surface area contributed by atoms with Crippen molar-refractivity contribution in [3.63, 3.8) is 0 Å². The molecule has 0 N–H and O–H groups in total. The lowest BCUT2D eigenvalue weighted by molar-refractivity contribution is 0.364. The van der Waals surface area contributed by atoms with E-state index in [1.807, 2.05) is 0 Å². The van der Waals surface area contributed by atoms with Crippen molar-refractivity contribution in [1.82, 2.24) is 4.90 Å². The first-order valence-electron chi connectivity index (χ1n) is 5.49. The van der Waals surface area contributed by atoms with Gasteiger partial charge in [0.25, 0.3) is 0 Å². The number of unbranched alkanes of at least 4 members (excludes halogenated alkanes) is 3. The fraction of sp³-hybridized carbons (Fsp3) is 0.833. The van der Waals surface area contributed by atoms with E-state index in [2.05, 4.69) is 39.3 Å². The topological polar surface area (TPSA) is 3.24 Å². The van der Waals surface area contributed by atoms with Gasteiger partial charge in [-0.25, -0.2) is 0 Å². The molecule has 0 saturated carbocycles. The third-order valence-corrected chi connectivity index (χ3v) is 2.50. The maximum Gasteiger partial charge on any atom is 0.0171 e. The molecule has 0 aliphatic rings. The quantitative estimate of drug-likeness (QED) is 0.544. The highest BCUT2D eigenvalue weighted by molar-refractivity contribution is 4.95. The van der Waals surface area contributed by atoms with Gasteiger partial charge in [-0.2, -0.15) is 0 Å². The SMILES string of the molecule is C=C(C(C)C)N(C)CCCCCC. The van der Waals surface area contributed by atoms with Gasteiger partial charge in [0.15, 0.2) is 0 Å². The van der Waals surface area contributed by atoms with Gasteiger partial charge in [0.2, 0.25) is 0 Å². The van der Waals surface area contributed by atoms with Gasteiger partial charge in [-0.15, -0.1) is 0 Å². The second-order valence-electron chi connectivity index (χ2n) is 4.13. The third-order valence-electron chi connectivity index (χ3n) is 2.50. The molecule has 1 heteroatoms. The minimum atomic E-state index is 0.580. The Hall–Kier alpha value is -0.460. The van der Waals surface area contributed by atoms with E-state index in [9.17, 15) is 0 Å². The highest BCUT2D eigenvalue weighted by atomic mass is 15.1. The van der Waals surface area contributed by atoms with Gasteiger partial charge in [-0.3, -0.25) is 0 Å². The third kappa shape index (κ3) is 5.73. The maximum atomic E-state index is 4.08. The molecular weight excluding hydrogens is 158 g/mol. The van der Waals surface area contributed by atoms with Gasteiger partial charge >= 0.3 is 0 Å². The van der Waals surface area contributed by atoms with Crippen LogP contribution in [0.1, 0.15) is 46.5 Å². The van der Waals surface area contributed by atoms with Crippen molar-refractivity contribution in [1.29, 1.82) is 0 Å². The number of nitrogens with zero attached hydrogens (tertiary/aromatic N) is 1. The average molecular weight is 183 g/mol. The molecule has 0 fully saturated rings. The highest BCUT2D eigenvalue weighted by Crippen LogP contribution is 2.11. The smallest absolute Gasteiger partial charge is 0.0171 e. The summed E-state index contributed by atoms with van der Waals surface area (Å²) in [5.74, 6) is 0.580. The Labute approximate surface area is 83.8 Å². The molecule has 78 valence electrons. The zero-order chi connectivity index (χ0) is 10.3. The molecule has 0 amide bonds. The first kappa shape index (κ1) is 12.5. The zero-order valence-electron chi connectivity index (χ0n) is 9.77. The van der Waals surface area contributed by atoms with E-state index in [1.165, 1.54) is 31.4 Å². The van der Waals surface area contributed by atoms with Crippen LogP contribution in [0.25, 0.3) is 0 Å². The lowest BCUT2D eigenvalue weighted by Gasteiger charge is -2.24. The summed E-state index contributed by atoms with van der Waals surface area (Å²) in [4.78, 5) is 2.29. The normalized spacial score (nSPS) is 10.5. The Balaban J connectivity index is 3.50. The van der Waals surface area contributed by atoms with Crippen LogP contribution in [0.2, 0.25) is 0 Å². The Bertz CT molecular complexity index is 138. The lowest BCUT2D eigenvalue weighted by Crippen LogP contribution is -2.21. The summed E-state index contributed by atoms with van der Waals surface area (Å²) >= 11 is 0. The van der Waals surface area contributed by atoms with Gasteiger partial charge in [-0.05, 0) is 12.3 Å². The summed E-state index contributed by atoms with van der Waals surface area (Å²) in [6, 6.07) is 0. The predicted octanol–water partition coefficient (Wildman–Crippen LogP) is 3.67. The zero-order valence-corrected chi connectivity index (χ0v) is 9.77. The molecule has 0 saturated heterocycles. The van der Waals surface area contributed by atoms with Gasteiger partial charge in [0.1, 0.15) is 0 Å². The number of allylic oxidation sites excluding steroid dienone is 1. The van der Waals surface area contributed by atoms with E-state index in [1.54, 1.807) is 0 Å². The minimum absolute atomic E-state index is 0.580. The highest BCUT2D eigenvalue weighted by Gasteiger charge is 2.04. The second kappa shape index (κ2) is 6.99. The average Bonchev–Trinajstić information content (AvgIpc) is 2.10. The molecule has 0 aromatic rings. The Morgan fingerprint density at radius 1 is 1.23 bits per heavy atom. The van der Waals surface area contributed by atoms with E-state index in [-0.39, 0.29) is 0 Å². The van der Waals surface area contributed by atoms with E-state index < -0.39 is 0 Å². The van der Waals surface area contributed by atoms with Crippen LogP contribution in [0.15, 0.2) is 12.3 Å². The molecule has 13 heavy (non-hydrogen) atoms. The molecule has 0 aromatic carbocycles. The van der Waals surface area contributed by atoms with E-state index in [0.717, 1.165) is 6.54 Å². The van der Waals surface area contributed by atoms with Crippen molar-refractivity contribution in [2.75, 3.05) is 13.6 Å². The fourth-order valence-electron chi connectivity index (χ4n) is 1.36. The molecule has 0 atom stereocenters. The summed E-state index contributed by atoms with van der Waals surface area (Å²) in [5, 5.41) is 0. The molecule has 0 spiro atoms. The van der Waals surface area contributed by atoms with Crippen LogP contribution in [-0.2, 0) is 0 Å². The summed E-state index contributed by atoms with van der Waals surface area (Å²) < 4.78 is 0. The predicted molar refractivity (Wildman–Crippen MR) is 60.8 cm³/mol.